The summed E-state index contributed by atoms with van der Waals surface area (Å²) in [4.78, 5) is 14.4. The lowest BCUT2D eigenvalue weighted by molar-refractivity contribution is -0.137. The fourth-order valence-electron chi connectivity index (χ4n) is 0.799. The molecule has 0 aliphatic heterocycles. The van der Waals surface area contributed by atoms with Crippen molar-refractivity contribution in [3.8, 4) is 0 Å². The van der Waals surface area contributed by atoms with Gasteiger partial charge < -0.3 is 10.8 Å². The monoisotopic (exact) mass is 216 g/mol. The van der Waals surface area contributed by atoms with Gasteiger partial charge in [-0.1, -0.05) is 0 Å². The number of nitrogens with two attached hydrogens (primary N) is 1. The number of nitrogens with zero attached hydrogens (tertiary/aromatic N) is 3. The zero-order valence-electron chi connectivity index (χ0n) is 7.75. The molecule has 0 amide bonds. The van der Waals surface area contributed by atoms with Crippen LogP contribution in [0.5, 0.6) is 0 Å². The first kappa shape index (κ1) is 11.0. The molecule has 1 heterocycles. The van der Waals surface area contributed by atoms with Crippen molar-refractivity contribution in [2.75, 3.05) is 5.75 Å². The summed E-state index contributed by atoms with van der Waals surface area (Å²) in [6.45, 7) is 0. The Kier molecular flexibility index (Phi) is 3.90. The molecule has 1 aromatic heterocycles. The molecule has 1 rings (SSSR count). The minimum atomic E-state index is -0.976. The Balaban J connectivity index is 2.29. The number of thioether (sulfide) groups is 1. The van der Waals surface area contributed by atoms with Gasteiger partial charge in [0.2, 0.25) is 0 Å². The van der Waals surface area contributed by atoms with Gasteiger partial charge in [-0.3, -0.25) is 9.48 Å². The number of hydrogen-bond donors (Lipinski definition) is 2. The van der Waals surface area contributed by atoms with Crippen molar-refractivity contribution >= 4 is 17.7 Å². The largest absolute Gasteiger partial charge is 0.480 e. The van der Waals surface area contributed by atoms with Gasteiger partial charge in [0.1, 0.15) is 18.2 Å². The maximum Gasteiger partial charge on any atom is 0.321 e. The molecule has 3 N–H and O–H groups in total. The summed E-state index contributed by atoms with van der Waals surface area (Å²) >= 11 is 1.43. The quantitative estimate of drug-likeness (QED) is 0.686. The Labute approximate surface area is 85.5 Å². The van der Waals surface area contributed by atoms with E-state index < -0.39 is 12.0 Å². The summed E-state index contributed by atoms with van der Waals surface area (Å²) in [6, 6.07) is -0.812. The molecule has 7 heteroatoms. The number of aryl methyl sites for hydroxylation is 1. The number of carboxylic acids is 1. The Bertz CT molecular complexity index is 314. The molecule has 1 atom stereocenters. The Morgan fingerprint density at radius 1 is 1.86 bits per heavy atom. The first-order chi connectivity index (χ1) is 6.61. The van der Waals surface area contributed by atoms with Crippen LogP contribution >= 0.6 is 11.8 Å². The van der Waals surface area contributed by atoms with Crippen LogP contribution in [0.3, 0.4) is 0 Å². The second kappa shape index (κ2) is 4.97. The van der Waals surface area contributed by atoms with E-state index in [9.17, 15) is 4.79 Å². The van der Waals surface area contributed by atoms with E-state index in [-0.39, 0.29) is 0 Å². The zero-order chi connectivity index (χ0) is 10.6. The lowest BCUT2D eigenvalue weighted by Crippen LogP contribution is -2.32. The molecule has 0 aromatic carbocycles. The minimum Gasteiger partial charge on any atom is -0.480 e. The molecule has 0 spiro atoms. The third kappa shape index (κ3) is 3.00. The number of aromatic nitrogens is 3. The van der Waals surface area contributed by atoms with E-state index in [1.54, 1.807) is 11.7 Å². The van der Waals surface area contributed by atoms with Crippen molar-refractivity contribution in [1.82, 2.24) is 14.8 Å². The third-order valence-electron chi connectivity index (χ3n) is 1.65. The minimum absolute atomic E-state index is 0.377. The number of aliphatic carboxylic acids is 1. The highest BCUT2D eigenvalue weighted by atomic mass is 32.2. The summed E-state index contributed by atoms with van der Waals surface area (Å²) in [5, 5.41) is 12.4. The van der Waals surface area contributed by atoms with Crippen molar-refractivity contribution in [3.63, 3.8) is 0 Å². The van der Waals surface area contributed by atoms with Gasteiger partial charge in [-0.2, -0.15) is 16.9 Å². The van der Waals surface area contributed by atoms with Crippen LogP contribution in [0, 0.1) is 0 Å². The fraction of sp³-hybridized carbons (Fsp3) is 0.571. The molecule has 0 aliphatic rings. The highest BCUT2D eigenvalue weighted by Gasteiger charge is 2.11. The van der Waals surface area contributed by atoms with E-state index >= 15 is 0 Å². The molecule has 0 radical (unpaired) electrons. The molecular formula is C7H12N4O2S. The van der Waals surface area contributed by atoms with Crippen molar-refractivity contribution in [3.05, 3.63) is 12.2 Å². The van der Waals surface area contributed by atoms with E-state index in [0.29, 0.717) is 11.5 Å². The van der Waals surface area contributed by atoms with Gasteiger partial charge in [-0.05, 0) is 0 Å². The van der Waals surface area contributed by atoms with Gasteiger partial charge in [0, 0.05) is 12.8 Å². The second-order valence-corrected chi connectivity index (χ2v) is 3.79. The van der Waals surface area contributed by atoms with Gasteiger partial charge in [0.15, 0.2) is 0 Å². The lowest BCUT2D eigenvalue weighted by atomic mass is 10.4. The zero-order valence-corrected chi connectivity index (χ0v) is 8.57. The Hall–Kier alpha value is -1.08. The molecule has 0 saturated heterocycles. The predicted molar refractivity (Wildman–Crippen MR) is 52.8 cm³/mol. The molecule has 0 bridgehead atoms. The number of carbonyl (C=O) groups is 1. The number of hydrogen-bond acceptors (Lipinski definition) is 5. The molecule has 0 aliphatic carbocycles. The highest BCUT2D eigenvalue weighted by molar-refractivity contribution is 7.98. The van der Waals surface area contributed by atoms with Crippen LogP contribution in [0.1, 0.15) is 5.82 Å². The lowest BCUT2D eigenvalue weighted by Gasteiger charge is -2.04. The summed E-state index contributed by atoms with van der Waals surface area (Å²) in [7, 11) is 1.79. The SMILES string of the molecule is Cn1ncnc1CSC[C@H](N)C(=O)O. The number of carboxylic acid groups (broad SMARTS) is 1. The van der Waals surface area contributed by atoms with Gasteiger partial charge in [0.05, 0.1) is 5.75 Å². The molecule has 78 valence electrons. The normalized spacial score (nSPS) is 12.7. The van der Waals surface area contributed by atoms with Crippen molar-refractivity contribution in [1.29, 1.82) is 0 Å². The van der Waals surface area contributed by atoms with Gasteiger partial charge in [-0.25, -0.2) is 4.98 Å². The summed E-state index contributed by atoms with van der Waals surface area (Å²) < 4.78 is 1.65. The third-order valence-corrected chi connectivity index (χ3v) is 2.71. The van der Waals surface area contributed by atoms with Gasteiger partial charge >= 0.3 is 5.97 Å². The molecule has 0 saturated carbocycles. The van der Waals surface area contributed by atoms with E-state index in [4.69, 9.17) is 10.8 Å². The first-order valence-corrected chi connectivity index (χ1v) is 5.15. The second-order valence-electron chi connectivity index (χ2n) is 2.76. The Morgan fingerprint density at radius 2 is 2.57 bits per heavy atom. The summed E-state index contributed by atoms with van der Waals surface area (Å²) in [6.07, 6.45) is 1.47. The first-order valence-electron chi connectivity index (χ1n) is 4.00. The molecule has 14 heavy (non-hydrogen) atoms. The van der Waals surface area contributed by atoms with Crippen LogP contribution in [-0.4, -0.2) is 37.6 Å². The molecule has 0 fully saturated rings. The summed E-state index contributed by atoms with van der Waals surface area (Å²) in [5.74, 6) is 0.836. The van der Waals surface area contributed by atoms with Gasteiger partial charge in [0.25, 0.3) is 0 Å². The van der Waals surface area contributed by atoms with Crippen molar-refractivity contribution in [2.45, 2.75) is 11.8 Å². The number of rotatable bonds is 5. The molecular weight excluding hydrogens is 204 g/mol. The molecule has 0 unspecified atom stereocenters. The Morgan fingerprint density at radius 3 is 3.07 bits per heavy atom. The average Bonchev–Trinajstić information content (AvgIpc) is 2.51. The van der Waals surface area contributed by atoms with Crippen LogP contribution in [0.4, 0.5) is 0 Å². The van der Waals surface area contributed by atoms with Crippen LogP contribution in [0.15, 0.2) is 6.33 Å². The highest BCUT2D eigenvalue weighted by Crippen LogP contribution is 2.09. The molecule has 6 nitrogen and oxygen atoms in total. The van der Waals surface area contributed by atoms with Crippen LogP contribution in [0.2, 0.25) is 0 Å². The van der Waals surface area contributed by atoms with Crippen LogP contribution in [0.25, 0.3) is 0 Å². The summed E-state index contributed by atoms with van der Waals surface area (Å²) in [5.41, 5.74) is 5.33. The average molecular weight is 216 g/mol. The van der Waals surface area contributed by atoms with Crippen LogP contribution < -0.4 is 5.73 Å². The van der Waals surface area contributed by atoms with Gasteiger partial charge in [-0.15, -0.1) is 0 Å². The van der Waals surface area contributed by atoms with Crippen molar-refractivity contribution < 1.29 is 9.90 Å². The smallest absolute Gasteiger partial charge is 0.321 e. The van der Waals surface area contributed by atoms with Crippen LogP contribution in [-0.2, 0) is 17.6 Å². The maximum absolute atomic E-state index is 10.4. The fourth-order valence-corrected chi connectivity index (χ4v) is 1.76. The van der Waals surface area contributed by atoms with E-state index in [1.165, 1.54) is 18.1 Å². The van der Waals surface area contributed by atoms with Crippen molar-refractivity contribution in [2.24, 2.45) is 12.8 Å². The predicted octanol–water partition coefficient (Wildman–Crippen LogP) is -0.540. The molecule has 1 aromatic rings. The van der Waals surface area contributed by atoms with E-state index in [2.05, 4.69) is 10.1 Å². The van der Waals surface area contributed by atoms with E-state index in [0.717, 1.165) is 5.82 Å². The van der Waals surface area contributed by atoms with E-state index in [1.807, 2.05) is 0 Å². The standard InChI is InChI=1S/C7H12N4O2S/c1-11-6(9-4-10-11)3-14-2-5(8)7(12)13/h4-5H,2-3,8H2,1H3,(H,12,13)/t5-/m0/s1. The maximum atomic E-state index is 10.4. The topological polar surface area (TPSA) is 94.0 Å².